The molecule has 0 spiro atoms. The van der Waals surface area contributed by atoms with Gasteiger partial charge in [0.25, 0.3) is 0 Å². The van der Waals surface area contributed by atoms with E-state index in [0.29, 0.717) is 11.8 Å². The van der Waals surface area contributed by atoms with Crippen LogP contribution in [0.25, 0.3) is 0 Å². The Morgan fingerprint density at radius 2 is 1.76 bits per heavy atom. The van der Waals surface area contributed by atoms with Crippen LogP contribution >= 0.6 is 0 Å². The van der Waals surface area contributed by atoms with Gasteiger partial charge in [-0.15, -0.1) is 0 Å². The highest BCUT2D eigenvalue weighted by atomic mass is 16.5. The minimum atomic E-state index is 0.145. The van der Waals surface area contributed by atoms with E-state index in [1.165, 1.54) is 12.0 Å². The van der Waals surface area contributed by atoms with Crippen molar-refractivity contribution in [3.05, 3.63) is 29.8 Å². The first-order valence-corrected chi connectivity index (χ1v) is 8.36. The Hall–Kier alpha value is -1.02. The first-order chi connectivity index (χ1) is 9.83. The molecule has 0 aromatic heterocycles. The van der Waals surface area contributed by atoms with Crippen LogP contribution in [0.4, 0.5) is 0 Å². The van der Waals surface area contributed by atoms with E-state index in [-0.39, 0.29) is 17.6 Å². The van der Waals surface area contributed by atoms with Crippen molar-refractivity contribution in [3.8, 4) is 5.75 Å². The van der Waals surface area contributed by atoms with Gasteiger partial charge in [-0.1, -0.05) is 46.8 Å². The molecule has 0 heterocycles. The maximum absolute atomic E-state index is 6.30. The summed E-state index contributed by atoms with van der Waals surface area (Å²) in [4.78, 5) is 0. The summed E-state index contributed by atoms with van der Waals surface area (Å²) in [5, 5.41) is 0. The fourth-order valence-electron chi connectivity index (χ4n) is 3.44. The average molecular weight is 289 g/mol. The van der Waals surface area contributed by atoms with Gasteiger partial charge in [-0.25, -0.2) is 0 Å². The molecule has 2 N–H and O–H groups in total. The van der Waals surface area contributed by atoms with E-state index in [1.807, 2.05) is 0 Å². The molecule has 2 nitrogen and oxygen atoms in total. The van der Waals surface area contributed by atoms with Crippen LogP contribution in [0.15, 0.2) is 24.3 Å². The van der Waals surface area contributed by atoms with Gasteiger partial charge < -0.3 is 10.5 Å². The number of hydrogen-bond donors (Lipinski definition) is 1. The Kier molecular flexibility index (Phi) is 4.98. The average Bonchev–Trinajstić information content (AvgIpc) is 2.43. The lowest BCUT2D eigenvalue weighted by Crippen LogP contribution is -2.48. The lowest BCUT2D eigenvalue weighted by Gasteiger charge is -2.37. The zero-order chi connectivity index (χ0) is 15.6. The van der Waals surface area contributed by atoms with Crippen molar-refractivity contribution in [2.45, 2.75) is 71.4 Å². The number of nitrogens with two attached hydrogens (primary N) is 1. The number of ether oxygens (including phenoxy) is 1. The fourth-order valence-corrected chi connectivity index (χ4v) is 3.44. The van der Waals surface area contributed by atoms with Crippen molar-refractivity contribution >= 4 is 0 Å². The molecular formula is C19H31NO. The molecule has 1 aliphatic carbocycles. The van der Waals surface area contributed by atoms with E-state index in [1.54, 1.807) is 0 Å². The lowest BCUT2D eigenvalue weighted by molar-refractivity contribution is 0.0626. The van der Waals surface area contributed by atoms with Crippen LogP contribution in [0.1, 0.15) is 59.4 Å². The third-order valence-corrected chi connectivity index (χ3v) is 5.22. The second-order valence-corrected chi connectivity index (χ2v) is 7.56. The van der Waals surface area contributed by atoms with E-state index in [9.17, 15) is 0 Å². The van der Waals surface area contributed by atoms with E-state index in [0.717, 1.165) is 18.6 Å². The molecule has 0 aliphatic heterocycles. The molecule has 0 saturated heterocycles. The molecule has 4 atom stereocenters. The molecule has 2 heteroatoms. The minimum absolute atomic E-state index is 0.145. The molecule has 118 valence electrons. The van der Waals surface area contributed by atoms with E-state index in [4.69, 9.17) is 10.5 Å². The molecule has 1 aromatic rings. The van der Waals surface area contributed by atoms with Gasteiger partial charge in [0.1, 0.15) is 11.9 Å². The second-order valence-electron chi connectivity index (χ2n) is 7.56. The summed E-state index contributed by atoms with van der Waals surface area (Å²) in [6.45, 7) is 11.3. The van der Waals surface area contributed by atoms with Gasteiger partial charge in [-0.3, -0.25) is 0 Å². The Balaban J connectivity index is 2.06. The molecule has 1 aliphatic rings. The van der Waals surface area contributed by atoms with Crippen LogP contribution in [-0.4, -0.2) is 12.1 Å². The van der Waals surface area contributed by atoms with E-state index < -0.39 is 0 Å². The second kappa shape index (κ2) is 6.39. The monoisotopic (exact) mass is 289 g/mol. The van der Waals surface area contributed by atoms with Gasteiger partial charge in [0.15, 0.2) is 0 Å². The van der Waals surface area contributed by atoms with Gasteiger partial charge in [-0.05, 0) is 54.2 Å². The number of rotatable bonds is 4. The van der Waals surface area contributed by atoms with Gasteiger partial charge in [0.05, 0.1) is 0 Å². The van der Waals surface area contributed by atoms with E-state index >= 15 is 0 Å². The first-order valence-electron chi connectivity index (χ1n) is 8.36. The fraction of sp³-hybridized carbons (Fsp3) is 0.684. The normalized spacial score (nSPS) is 30.2. The Morgan fingerprint density at radius 1 is 1.14 bits per heavy atom. The summed E-state index contributed by atoms with van der Waals surface area (Å²) in [7, 11) is 0. The summed E-state index contributed by atoms with van der Waals surface area (Å²) >= 11 is 0. The Bertz CT molecular complexity index is 439. The molecule has 4 unspecified atom stereocenters. The quantitative estimate of drug-likeness (QED) is 0.884. The molecule has 1 fully saturated rings. The minimum Gasteiger partial charge on any atom is -0.489 e. The highest BCUT2D eigenvalue weighted by molar-refractivity contribution is 5.31. The van der Waals surface area contributed by atoms with Gasteiger partial charge in [0, 0.05) is 6.04 Å². The van der Waals surface area contributed by atoms with Crippen LogP contribution in [-0.2, 0) is 5.41 Å². The maximum Gasteiger partial charge on any atom is 0.119 e. The van der Waals surface area contributed by atoms with Crippen molar-refractivity contribution in [1.82, 2.24) is 0 Å². The van der Waals surface area contributed by atoms with Crippen LogP contribution in [0.2, 0.25) is 0 Å². The van der Waals surface area contributed by atoms with Crippen LogP contribution in [0.5, 0.6) is 5.75 Å². The predicted octanol–water partition coefficient (Wildman–Crippen LogP) is 4.51. The van der Waals surface area contributed by atoms with Crippen molar-refractivity contribution in [2.75, 3.05) is 0 Å². The Morgan fingerprint density at radius 3 is 2.29 bits per heavy atom. The zero-order valence-electron chi connectivity index (χ0n) is 14.2. The van der Waals surface area contributed by atoms with Crippen LogP contribution < -0.4 is 10.5 Å². The van der Waals surface area contributed by atoms with Gasteiger partial charge in [-0.2, -0.15) is 0 Å². The molecule has 2 rings (SSSR count). The summed E-state index contributed by atoms with van der Waals surface area (Å²) in [6, 6.07) is 8.74. The highest BCUT2D eigenvalue weighted by Crippen LogP contribution is 2.32. The topological polar surface area (TPSA) is 35.2 Å². The van der Waals surface area contributed by atoms with Crippen molar-refractivity contribution in [3.63, 3.8) is 0 Å². The van der Waals surface area contributed by atoms with Crippen molar-refractivity contribution in [1.29, 1.82) is 0 Å². The van der Waals surface area contributed by atoms with Crippen LogP contribution in [0, 0.1) is 11.8 Å². The SMILES string of the molecule is CCC(C)(C)c1ccc(OC2C(C)CC(C)CC2N)cc1. The van der Waals surface area contributed by atoms with Crippen LogP contribution in [0.3, 0.4) is 0 Å². The van der Waals surface area contributed by atoms with Crippen molar-refractivity contribution < 1.29 is 4.74 Å². The predicted molar refractivity (Wildman–Crippen MR) is 89.7 cm³/mol. The summed E-state index contributed by atoms with van der Waals surface area (Å²) in [5.41, 5.74) is 7.90. The first kappa shape index (κ1) is 16.4. The molecular weight excluding hydrogens is 258 g/mol. The number of hydrogen-bond acceptors (Lipinski definition) is 2. The van der Waals surface area contributed by atoms with Gasteiger partial charge in [0.2, 0.25) is 0 Å². The summed E-state index contributed by atoms with van der Waals surface area (Å²) in [6.07, 6.45) is 3.55. The summed E-state index contributed by atoms with van der Waals surface area (Å²) < 4.78 is 6.20. The smallest absolute Gasteiger partial charge is 0.119 e. The molecule has 0 radical (unpaired) electrons. The lowest BCUT2D eigenvalue weighted by atomic mass is 9.78. The molecule has 21 heavy (non-hydrogen) atoms. The molecule has 1 aromatic carbocycles. The summed E-state index contributed by atoms with van der Waals surface area (Å²) in [5.74, 6) is 2.19. The molecule has 0 bridgehead atoms. The highest BCUT2D eigenvalue weighted by Gasteiger charge is 2.33. The van der Waals surface area contributed by atoms with E-state index in [2.05, 4.69) is 58.9 Å². The number of benzene rings is 1. The van der Waals surface area contributed by atoms with Crippen molar-refractivity contribution in [2.24, 2.45) is 17.6 Å². The maximum atomic E-state index is 6.30. The molecule has 0 amide bonds. The standard InChI is InChI=1S/C19H31NO/c1-6-19(4,5)15-7-9-16(10-8-15)21-18-14(3)11-13(2)12-17(18)20/h7-10,13-14,17-18H,6,11-12,20H2,1-5H3. The third kappa shape index (κ3) is 3.79. The largest absolute Gasteiger partial charge is 0.489 e. The molecule has 1 saturated carbocycles. The zero-order valence-corrected chi connectivity index (χ0v) is 14.2. The van der Waals surface area contributed by atoms with Gasteiger partial charge >= 0.3 is 0 Å². The third-order valence-electron chi connectivity index (χ3n) is 5.22. The Labute approximate surface area is 130 Å².